The Hall–Kier alpha value is -3.33. The number of halogens is 2. The first kappa shape index (κ1) is 24.8. The molecule has 0 fully saturated rings. The summed E-state index contributed by atoms with van der Waals surface area (Å²) in [5, 5.41) is 9.07. The van der Waals surface area contributed by atoms with Crippen LogP contribution >= 0.6 is 23.2 Å². The Morgan fingerprint density at radius 2 is 1.57 bits per heavy atom. The molecule has 7 nitrogen and oxygen atoms in total. The van der Waals surface area contributed by atoms with Crippen LogP contribution in [0.5, 0.6) is 0 Å². The van der Waals surface area contributed by atoms with Crippen LogP contribution in [0.1, 0.15) is 11.3 Å². The number of nitrogens with zero attached hydrogens (tertiary/aromatic N) is 3. The van der Waals surface area contributed by atoms with Gasteiger partial charge in [0.1, 0.15) is 0 Å². The number of benzene rings is 3. The van der Waals surface area contributed by atoms with E-state index in [0.717, 1.165) is 28.8 Å². The second-order valence-electron chi connectivity index (χ2n) is 7.79. The van der Waals surface area contributed by atoms with Crippen LogP contribution in [-0.2, 0) is 23.1 Å². The second-order valence-corrected chi connectivity index (χ2v) is 10.4. The largest absolute Gasteiger partial charge is 0.350 e. The van der Waals surface area contributed by atoms with Gasteiger partial charge in [-0.25, -0.2) is 18.1 Å². The lowest BCUT2D eigenvalue weighted by atomic mass is 10.1. The third kappa shape index (κ3) is 7.08. The van der Waals surface area contributed by atoms with Crippen molar-refractivity contribution in [3.63, 3.8) is 0 Å². The standard InChI is InChI=1S/C25H23Cl2N5O2S/c1-35(33,34)31-25(28-16-18-5-3-2-4-6-18)29-17-22-15-24(19-7-9-20(26)10-8-19)32(30-22)23-13-11-21(27)12-14-23/h2-15H,16-17H2,1H3,(H2,28,29,31). The van der Waals surface area contributed by atoms with E-state index < -0.39 is 10.0 Å². The van der Waals surface area contributed by atoms with Crippen LogP contribution in [0.25, 0.3) is 16.9 Å². The van der Waals surface area contributed by atoms with E-state index in [2.05, 4.69) is 15.0 Å². The number of nitrogens with one attached hydrogen (secondary N) is 2. The van der Waals surface area contributed by atoms with E-state index in [1.165, 1.54) is 0 Å². The maximum Gasteiger partial charge on any atom is 0.232 e. The Morgan fingerprint density at radius 1 is 0.943 bits per heavy atom. The van der Waals surface area contributed by atoms with Crippen LogP contribution in [0.4, 0.5) is 0 Å². The van der Waals surface area contributed by atoms with Crippen LogP contribution < -0.4 is 10.0 Å². The topological polar surface area (TPSA) is 88.4 Å². The van der Waals surface area contributed by atoms with Crippen molar-refractivity contribution in [3.05, 3.63) is 106 Å². The maximum atomic E-state index is 11.9. The summed E-state index contributed by atoms with van der Waals surface area (Å²) in [5.74, 6) is 0.144. The van der Waals surface area contributed by atoms with Crippen LogP contribution in [-0.4, -0.2) is 30.4 Å². The van der Waals surface area contributed by atoms with Crippen LogP contribution in [0.3, 0.4) is 0 Å². The summed E-state index contributed by atoms with van der Waals surface area (Å²) < 4.78 is 28.0. The van der Waals surface area contributed by atoms with Crippen molar-refractivity contribution in [1.82, 2.24) is 19.8 Å². The van der Waals surface area contributed by atoms with E-state index in [1.807, 2.05) is 72.8 Å². The Kier molecular flexibility index (Phi) is 7.75. The fourth-order valence-electron chi connectivity index (χ4n) is 3.35. The first-order valence-electron chi connectivity index (χ1n) is 10.7. The summed E-state index contributed by atoms with van der Waals surface area (Å²) in [5.41, 5.74) is 4.25. The minimum absolute atomic E-state index is 0.144. The molecule has 0 saturated heterocycles. The van der Waals surface area contributed by atoms with Gasteiger partial charge in [-0.2, -0.15) is 5.10 Å². The molecule has 1 aromatic heterocycles. The molecule has 0 spiro atoms. The predicted molar refractivity (Wildman–Crippen MR) is 141 cm³/mol. The summed E-state index contributed by atoms with van der Waals surface area (Å²) in [6.07, 6.45) is 1.08. The quantitative estimate of drug-likeness (QED) is 0.260. The Labute approximate surface area is 214 Å². The van der Waals surface area contributed by atoms with Crippen molar-refractivity contribution in [3.8, 4) is 16.9 Å². The summed E-state index contributed by atoms with van der Waals surface area (Å²) in [6.45, 7) is 0.568. The average Bonchev–Trinajstić information content (AvgIpc) is 3.26. The Morgan fingerprint density at radius 3 is 2.20 bits per heavy atom. The second kappa shape index (κ2) is 10.9. The van der Waals surface area contributed by atoms with E-state index in [9.17, 15) is 8.42 Å². The van der Waals surface area contributed by atoms with Crippen molar-refractivity contribution >= 4 is 39.2 Å². The molecular weight excluding hydrogens is 505 g/mol. The van der Waals surface area contributed by atoms with Crippen LogP contribution in [0.2, 0.25) is 10.0 Å². The molecule has 10 heteroatoms. The summed E-state index contributed by atoms with van der Waals surface area (Å²) in [4.78, 5) is 4.41. The first-order valence-corrected chi connectivity index (χ1v) is 13.3. The zero-order chi connectivity index (χ0) is 24.8. The number of aromatic nitrogens is 2. The normalized spacial score (nSPS) is 11.9. The summed E-state index contributed by atoms with van der Waals surface area (Å²) in [6, 6.07) is 26.3. The van der Waals surface area contributed by atoms with Gasteiger partial charge in [0.15, 0.2) is 0 Å². The van der Waals surface area contributed by atoms with Crippen molar-refractivity contribution in [2.45, 2.75) is 13.1 Å². The minimum atomic E-state index is -3.52. The van der Waals surface area contributed by atoms with E-state index in [4.69, 9.17) is 28.3 Å². The van der Waals surface area contributed by atoms with Gasteiger partial charge < -0.3 is 5.32 Å². The van der Waals surface area contributed by atoms with Crippen LogP contribution in [0, 0.1) is 0 Å². The fourth-order valence-corrected chi connectivity index (χ4v) is 4.09. The van der Waals surface area contributed by atoms with Crippen molar-refractivity contribution < 1.29 is 8.42 Å². The molecule has 0 aliphatic heterocycles. The lowest BCUT2D eigenvalue weighted by molar-refractivity contribution is 0.597. The molecule has 1 heterocycles. The third-order valence-electron chi connectivity index (χ3n) is 4.95. The molecule has 0 radical (unpaired) electrons. The van der Waals surface area contributed by atoms with Gasteiger partial charge in [-0.3, -0.25) is 4.72 Å². The van der Waals surface area contributed by atoms with Gasteiger partial charge in [0.25, 0.3) is 0 Å². The number of aliphatic imine (C=N–C) groups is 1. The highest BCUT2D eigenvalue weighted by Crippen LogP contribution is 2.26. The van der Waals surface area contributed by atoms with Gasteiger partial charge in [-0.1, -0.05) is 65.7 Å². The highest BCUT2D eigenvalue weighted by molar-refractivity contribution is 7.89. The lowest BCUT2D eigenvalue weighted by Gasteiger charge is -2.10. The number of sulfonamides is 1. The highest BCUT2D eigenvalue weighted by atomic mass is 35.5. The summed E-state index contributed by atoms with van der Waals surface area (Å²) in [7, 11) is -3.52. The highest BCUT2D eigenvalue weighted by Gasteiger charge is 2.14. The molecule has 0 unspecified atom stereocenters. The number of guanidine groups is 1. The van der Waals surface area contributed by atoms with Gasteiger partial charge in [-0.15, -0.1) is 0 Å². The third-order valence-corrected chi connectivity index (χ3v) is 6.02. The monoisotopic (exact) mass is 527 g/mol. The van der Waals surface area contributed by atoms with Crippen LogP contribution in [0.15, 0.2) is 89.9 Å². The van der Waals surface area contributed by atoms with Crippen molar-refractivity contribution in [2.24, 2.45) is 4.99 Å². The molecule has 3 aromatic carbocycles. The summed E-state index contributed by atoms with van der Waals surface area (Å²) >= 11 is 12.1. The van der Waals surface area contributed by atoms with E-state index in [0.29, 0.717) is 22.3 Å². The molecule has 2 N–H and O–H groups in total. The van der Waals surface area contributed by atoms with E-state index >= 15 is 0 Å². The molecule has 0 saturated carbocycles. The Balaban J connectivity index is 1.62. The smallest absolute Gasteiger partial charge is 0.232 e. The minimum Gasteiger partial charge on any atom is -0.350 e. The lowest BCUT2D eigenvalue weighted by Crippen LogP contribution is -2.40. The van der Waals surface area contributed by atoms with E-state index in [1.54, 1.807) is 16.8 Å². The van der Waals surface area contributed by atoms with Gasteiger partial charge in [0.05, 0.1) is 36.4 Å². The van der Waals surface area contributed by atoms with Gasteiger partial charge in [0.2, 0.25) is 16.0 Å². The molecule has 0 aliphatic carbocycles. The van der Waals surface area contributed by atoms with Gasteiger partial charge in [0, 0.05) is 15.6 Å². The van der Waals surface area contributed by atoms with Crippen molar-refractivity contribution in [2.75, 3.05) is 6.26 Å². The SMILES string of the molecule is CS(=O)(=O)NC(=NCc1ccccc1)NCc1cc(-c2ccc(Cl)cc2)n(-c2ccc(Cl)cc2)n1. The first-order chi connectivity index (χ1) is 16.8. The molecular formula is C25H23Cl2N5O2S. The number of rotatable bonds is 7. The zero-order valence-electron chi connectivity index (χ0n) is 18.8. The molecule has 0 bridgehead atoms. The van der Waals surface area contributed by atoms with E-state index in [-0.39, 0.29) is 12.5 Å². The molecule has 0 atom stereocenters. The average molecular weight is 528 g/mol. The maximum absolute atomic E-state index is 11.9. The molecule has 4 rings (SSSR count). The number of hydrogen-bond donors (Lipinski definition) is 2. The molecule has 0 amide bonds. The Bertz CT molecular complexity index is 1360. The van der Waals surface area contributed by atoms with Gasteiger partial charge >= 0.3 is 0 Å². The predicted octanol–water partition coefficient (Wildman–Crippen LogP) is 5.04. The molecule has 4 aromatic rings. The fraction of sp³-hybridized carbons (Fsp3) is 0.120. The molecule has 0 aliphatic rings. The van der Waals surface area contributed by atoms with Crippen molar-refractivity contribution in [1.29, 1.82) is 0 Å². The molecule has 35 heavy (non-hydrogen) atoms. The molecule has 180 valence electrons. The van der Waals surface area contributed by atoms with Gasteiger partial charge in [-0.05, 0) is 48.0 Å². The zero-order valence-corrected chi connectivity index (χ0v) is 21.1. The number of hydrogen-bond acceptors (Lipinski definition) is 4.